The van der Waals surface area contributed by atoms with Crippen LogP contribution in [0.1, 0.15) is 5.82 Å². The number of methoxy groups -OCH3 is 1. The molecule has 2 aromatic heterocycles. The molecule has 0 saturated carbocycles. The summed E-state index contributed by atoms with van der Waals surface area (Å²) < 4.78 is 7.23. The lowest BCUT2D eigenvalue weighted by Gasteiger charge is -2.29. The van der Waals surface area contributed by atoms with E-state index >= 15 is 0 Å². The predicted octanol–water partition coefficient (Wildman–Crippen LogP) is 2.42. The number of benzene rings is 1. The molecule has 0 saturated heterocycles. The molecule has 7 nitrogen and oxygen atoms in total. The molecule has 0 atom stereocenters. The van der Waals surface area contributed by atoms with Crippen molar-refractivity contribution in [3.63, 3.8) is 0 Å². The number of hydrogen-bond acceptors (Lipinski definition) is 6. The van der Waals surface area contributed by atoms with Crippen LogP contribution in [0.25, 0.3) is 11.4 Å². The Labute approximate surface area is 143 Å². The van der Waals surface area contributed by atoms with E-state index in [1.165, 1.54) is 7.11 Å². The Hall–Kier alpha value is -2.67. The first-order valence-electron chi connectivity index (χ1n) is 7.55. The molecule has 1 aliphatic heterocycles. The molecular formula is C16H15ClN6O. The fourth-order valence-corrected chi connectivity index (χ4v) is 3.01. The Morgan fingerprint density at radius 1 is 1.12 bits per heavy atom. The maximum atomic E-state index is 6.25. The largest absolute Gasteiger partial charge is 0.467 e. The highest BCUT2D eigenvalue weighted by atomic mass is 35.5. The number of ether oxygens (including phenoxy) is 1. The summed E-state index contributed by atoms with van der Waals surface area (Å²) in [7, 11) is 1.53. The van der Waals surface area contributed by atoms with Crippen LogP contribution in [0.4, 0.5) is 5.82 Å². The van der Waals surface area contributed by atoms with Gasteiger partial charge in [0.05, 0.1) is 19.9 Å². The van der Waals surface area contributed by atoms with E-state index in [0.29, 0.717) is 23.4 Å². The zero-order chi connectivity index (χ0) is 16.5. The highest BCUT2D eigenvalue weighted by Crippen LogP contribution is 2.29. The summed E-state index contributed by atoms with van der Waals surface area (Å²) in [5, 5.41) is 9.18. The molecule has 0 aliphatic carbocycles. The Morgan fingerprint density at radius 3 is 2.75 bits per heavy atom. The number of fused-ring (bicyclic) bond motifs is 1. The van der Waals surface area contributed by atoms with Gasteiger partial charge in [-0.3, -0.25) is 0 Å². The molecule has 0 radical (unpaired) electrons. The lowest BCUT2D eigenvalue weighted by Crippen LogP contribution is -2.34. The molecule has 0 bridgehead atoms. The molecular weight excluding hydrogens is 328 g/mol. The Kier molecular flexibility index (Phi) is 3.78. The van der Waals surface area contributed by atoms with Crippen LogP contribution in [0, 0.1) is 0 Å². The third-order valence-electron chi connectivity index (χ3n) is 3.97. The standard InChI is InChI=1S/C16H15ClN6O/c1-24-16-18-9-12(17)15(19-16)22-7-8-23-13(10-22)20-21-14(23)11-5-3-2-4-6-11/h2-6,9H,7-8,10H2,1H3. The summed E-state index contributed by atoms with van der Waals surface area (Å²) in [4.78, 5) is 10.4. The van der Waals surface area contributed by atoms with E-state index in [2.05, 4.69) is 29.6 Å². The van der Waals surface area contributed by atoms with Crippen LogP contribution in [0.2, 0.25) is 5.02 Å². The van der Waals surface area contributed by atoms with Crippen molar-refractivity contribution in [2.75, 3.05) is 18.6 Å². The highest BCUT2D eigenvalue weighted by Gasteiger charge is 2.24. The SMILES string of the molecule is COc1ncc(Cl)c(N2CCn3c(nnc3-c3ccccc3)C2)n1. The van der Waals surface area contributed by atoms with Gasteiger partial charge in [-0.2, -0.15) is 4.98 Å². The number of nitrogens with zero attached hydrogens (tertiary/aromatic N) is 6. The van der Waals surface area contributed by atoms with Gasteiger partial charge < -0.3 is 14.2 Å². The molecule has 1 aliphatic rings. The average Bonchev–Trinajstić information content (AvgIpc) is 3.06. The summed E-state index contributed by atoms with van der Waals surface area (Å²) in [5.41, 5.74) is 1.06. The third-order valence-corrected chi connectivity index (χ3v) is 4.24. The maximum absolute atomic E-state index is 6.25. The Bertz CT molecular complexity index is 866. The van der Waals surface area contributed by atoms with Gasteiger partial charge in [0, 0.05) is 18.7 Å². The fourth-order valence-electron chi connectivity index (χ4n) is 2.80. The summed E-state index contributed by atoms with van der Waals surface area (Å²) in [6, 6.07) is 10.4. The van der Waals surface area contributed by atoms with Crippen molar-refractivity contribution in [1.82, 2.24) is 24.7 Å². The van der Waals surface area contributed by atoms with Gasteiger partial charge in [0.1, 0.15) is 5.02 Å². The van der Waals surface area contributed by atoms with Gasteiger partial charge in [0.15, 0.2) is 17.5 Å². The van der Waals surface area contributed by atoms with Gasteiger partial charge in [0.25, 0.3) is 0 Å². The third kappa shape index (κ3) is 2.56. The van der Waals surface area contributed by atoms with Crippen molar-refractivity contribution in [2.45, 2.75) is 13.1 Å². The minimum atomic E-state index is 0.298. The number of halogens is 1. The van der Waals surface area contributed by atoms with E-state index in [9.17, 15) is 0 Å². The monoisotopic (exact) mass is 342 g/mol. The molecule has 3 aromatic rings. The van der Waals surface area contributed by atoms with Crippen molar-refractivity contribution >= 4 is 17.4 Å². The second-order valence-electron chi connectivity index (χ2n) is 5.41. The van der Waals surface area contributed by atoms with Crippen molar-refractivity contribution in [1.29, 1.82) is 0 Å². The molecule has 8 heteroatoms. The summed E-state index contributed by atoms with van der Waals surface area (Å²) in [6.07, 6.45) is 1.55. The van der Waals surface area contributed by atoms with Crippen LogP contribution in [0.3, 0.4) is 0 Å². The second-order valence-corrected chi connectivity index (χ2v) is 5.81. The van der Waals surface area contributed by atoms with Gasteiger partial charge in [-0.05, 0) is 0 Å². The average molecular weight is 343 g/mol. The van der Waals surface area contributed by atoms with Crippen molar-refractivity contribution in [3.05, 3.63) is 47.4 Å². The van der Waals surface area contributed by atoms with Crippen LogP contribution < -0.4 is 9.64 Å². The minimum Gasteiger partial charge on any atom is -0.467 e. The predicted molar refractivity (Wildman–Crippen MR) is 90.1 cm³/mol. The minimum absolute atomic E-state index is 0.298. The molecule has 0 fully saturated rings. The van der Waals surface area contributed by atoms with Crippen LogP contribution in [-0.4, -0.2) is 38.4 Å². The summed E-state index contributed by atoms with van der Waals surface area (Å²) in [6.45, 7) is 2.10. The molecule has 0 unspecified atom stereocenters. The number of anilines is 1. The second kappa shape index (κ2) is 6.09. The van der Waals surface area contributed by atoms with Gasteiger partial charge in [0.2, 0.25) is 0 Å². The molecule has 4 rings (SSSR count). The quantitative estimate of drug-likeness (QED) is 0.728. The summed E-state index contributed by atoms with van der Waals surface area (Å²) >= 11 is 6.25. The number of aromatic nitrogens is 5. The van der Waals surface area contributed by atoms with Gasteiger partial charge in [-0.15, -0.1) is 10.2 Å². The number of hydrogen-bond donors (Lipinski definition) is 0. The topological polar surface area (TPSA) is 69.0 Å². The van der Waals surface area contributed by atoms with Crippen LogP contribution in [0.5, 0.6) is 6.01 Å². The van der Waals surface area contributed by atoms with E-state index in [0.717, 1.165) is 30.3 Å². The van der Waals surface area contributed by atoms with Gasteiger partial charge in [-0.25, -0.2) is 4.98 Å². The fraction of sp³-hybridized carbons (Fsp3) is 0.250. The van der Waals surface area contributed by atoms with E-state index in [-0.39, 0.29) is 0 Å². The Morgan fingerprint density at radius 2 is 1.96 bits per heavy atom. The first kappa shape index (κ1) is 14.9. The molecule has 24 heavy (non-hydrogen) atoms. The van der Waals surface area contributed by atoms with Crippen LogP contribution in [0.15, 0.2) is 36.5 Å². The van der Waals surface area contributed by atoms with Crippen molar-refractivity contribution in [2.24, 2.45) is 0 Å². The smallest absolute Gasteiger partial charge is 0.318 e. The number of rotatable bonds is 3. The maximum Gasteiger partial charge on any atom is 0.318 e. The first-order chi connectivity index (χ1) is 11.8. The molecule has 122 valence electrons. The van der Waals surface area contributed by atoms with Crippen molar-refractivity contribution in [3.8, 4) is 17.4 Å². The van der Waals surface area contributed by atoms with Gasteiger partial charge in [-0.1, -0.05) is 41.9 Å². The van der Waals surface area contributed by atoms with E-state index in [1.807, 2.05) is 30.3 Å². The molecule has 0 spiro atoms. The Balaban J connectivity index is 1.65. The molecule has 0 N–H and O–H groups in total. The normalized spacial score (nSPS) is 13.7. The first-order valence-corrected chi connectivity index (χ1v) is 7.93. The van der Waals surface area contributed by atoms with Crippen molar-refractivity contribution < 1.29 is 4.74 Å². The zero-order valence-corrected chi connectivity index (χ0v) is 13.8. The van der Waals surface area contributed by atoms with Crippen LogP contribution in [-0.2, 0) is 13.1 Å². The molecule has 3 heterocycles. The lowest BCUT2D eigenvalue weighted by atomic mass is 10.2. The van der Waals surface area contributed by atoms with Crippen LogP contribution >= 0.6 is 11.6 Å². The lowest BCUT2D eigenvalue weighted by molar-refractivity contribution is 0.379. The van der Waals surface area contributed by atoms with E-state index < -0.39 is 0 Å². The summed E-state index contributed by atoms with van der Waals surface area (Å²) in [5.74, 6) is 2.42. The highest BCUT2D eigenvalue weighted by molar-refractivity contribution is 6.32. The zero-order valence-electron chi connectivity index (χ0n) is 13.1. The molecule has 1 aromatic carbocycles. The van der Waals surface area contributed by atoms with Gasteiger partial charge >= 0.3 is 6.01 Å². The van der Waals surface area contributed by atoms with E-state index in [4.69, 9.17) is 16.3 Å². The molecule has 0 amide bonds. The van der Waals surface area contributed by atoms with E-state index in [1.54, 1.807) is 6.20 Å².